The first-order valence-electron chi connectivity index (χ1n) is 6.07. The van der Waals surface area contributed by atoms with Crippen molar-refractivity contribution in [3.8, 4) is 0 Å². The van der Waals surface area contributed by atoms with Gasteiger partial charge in [-0.05, 0) is 25.2 Å². The molecule has 0 atom stereocenters. The van der Waals surface area contributed by atoms with Gasteiger partial charge in [0, 0.05) is 13.2 Å². The van der Waals surface area contributed by atoms with E-state index in [9.17, 15) is 0 Å². The summed E-state index contributed by atoms with van der Waals surface area (Å²) in [7, 11) is -0.208. The molecule has 1 rings (SSSR count). The average Bonchev–Trinajstić information content (AvgIpc) is 2.31. The van der Waals surface area contributed by atoms with Crippen LogP contribution in [0.5, 0.6) is 0 Å². The molecule has 0 saturated heterocycles. The van der Waals surface area contributed by atoms with E-state index in [-0.39, 0.29) is 7.12 Å². The fourth-order valence-corrected chi connectivity index (χ4v) is 1.41. The Hall–Kier alpha value is -0.795. The van der Waals surface area contributed by atoms with Crippen molar-refractivity contribution in [1.82, 2.24) is 0 Å². The topological polar surface area (TPSA) is 18.5 Å². The van der Waals surface area contributed by atoms with Crippen molar-refractivity contribution in [3.05, 3.63) is 29.8 Å². The van der Waals surface area contributed by atoms with Gasteiger partial charge in [-0.15, -0.1) is 0 Å². The van der Waals surface area contributed by atoms with Gasteiger partial charge in [0.2, 0.25) is 0 Å². The van der Waals surface area contributed by atoms with Crippen LogP contribution in [0.25, 0.3) is 0 Å². The molecule has 0 fully saturated rings. The van der Waals surface area contributed by atoms with Crippen LogP contribution in [-0.4, -0.2) is 20.3 Å². The Morgan fingerprint density at radius 1 is 0.938 bits per heavy atom. The Morgan fingerprint density at radius 2 is 1.44 bits per heavy atom. The number of benzene rings is 1. The Morgan fingerprint density at radius 3 is 1.88 bits per heavy atom. The van der Waals surface area contributed by atoms with Crippen molar-refractivity contribution in [2.24, 2.45) is 0 Å². The molecule has 0 spiro atoms. The minimum absolute atomic E-state index is 0.208. The molecule has 1 aromatic carbocycles. The lowest BCUT2D eigenvalue weighted by Crippen LogP contribution is -2.37. The molecule has 16 heavy (non-hydrogen) atoms. The van der Waals surface area contributed by atoms with Crippen LogP contribution < -0.4 is 5.46 Å². The molecule has 0 aliphatic rings. The van der Waals surface area contributed by atoms with Gasteiger partial charge in [-0.3, -0.25) is 0 Å². The van der Waals surface area contributed by atoms with Crippen molar-refractivity contribution >= 4 is 12.6 Å². The summed E-state index contributed by atoms with van der Waals surface area (Å²) in [5, 5.41) is 0. The predicted octanol–water partition coefficient (Wildman–Crippen LogP) is 2.54. The maximum atomic E-state index is 5.70. The third-order valence-electron chi connectivity index (χ3n) is 2.30. The zero-order valence-corrected chi connectivity index (χ0v) is 10.5. The van der Waals surface area contributed by atoms with E-state index in [2.05, 4.69) is 45.0 Å². The number of aryl methyl sites for hydroxylation is 1. The van der Waals surface area contributed by atoms with Crippen molar-refractivity contribution < 1.29 is 9.31 Å². The van der Waals surface area contributed by atoms with Crippen molar-refractivity contribution in [3.63, 3.8) is 0 Å². The van der Waals surface area contributed by atoms with Crippen molar-refractivity contribution in [2.75, 3.05) is 13.2 Å². The molecular formula is C13H21BO2. The van der Waals surface area contributed by atoms with Crippen molar-refractivity contribution in [1.29, 1.82) is 0 Å². The monoisotopic (exact) mass is 220 g/mol. The van der Waals surface area contributed by atoms with Gasteiger partial charge in [0.1, 0.15) is 0 Å². The van der Waals surface area contributed by atoms with Gasteiger partial charge in [0.25, 0.3) is 0 Å². The van der Waals surface area contributed by atoms with Crippen LogP contribution in [0.3, 0.4) is 0 Å². The summed E-state index contributed by atoms with van der Waals surface area (Å²) in [5.41, 5.74) is 2.36. The van der Waals surface area contributed by atoms with Crippen LogP contribution in [0.1, 0.15) is 32.3 Å². The highest BCUT2D eigenvalue weighted by atomic mass is 16.6. The van der Waals surface area contributed by atoms with E-state index < -0.39 is 0 Å². The summed E-state index contributed by atoms with van der Waals surface area (Å²) in [5.74, 6) is 0. The first-order chi connectivity index (χ1) is 7.77. The van der Waals surface area contributed by atoms with Crippen LogP contribution >= 0.6 is 0 Å². The van der Waals surface area contributed by atoms with Crippen LogP contribution in [0, 0.1) is 6.92 Å². The fourth-order valence-electron chi connectivity index (χ4n) is 1.41. The van der Waals surface area contributed by atoms with Gasteiger partial charge < -0.3 is 9.31 Å². The average molecular weight is 220 g/mol. The minimum Gasteiger partial charge on any atom is -0.407 e. The third-order valence-corrected chi connectivity index (χ3v) is 2.30. The first-order valence-corrected chi connectivity index (χ1v) is 6.07. The van der Waals surface area contributed by atoms with Gasteiger partial charge in [-0.2, -0.15) is 0 Å². The van der Waals surface area contributed by atoms with E-state index >= 15 is 0 Å². The SMILES string of the molecule is CCCOB(OCCC)c1ccc(C)cc1. The van der Waals surface area contributed by atoms with E-state index in [0.717, 1.165) is 31.5 Å². The molecule has 0 aliphatic heterocycles. The summed E-state index contributed by atoms with van der Waals surface area (Å²) in [6.45, 7) is 7.77. The van der Waals surface area contributed by atoms with E-state index in [4.69, 9.17) is 9.31 Å². The second kappa shape index (κ2) is 7.47. The Balaban J connectivity index is 2.62. The Bertz CT molecular complexity index is 276. The summed E-state index contributed by atoms with van der Waals surface area (Å²) in [4.78, 5) is 0. The second-order valence-electron chi connectivity index (χ2n) is 3.98. The molecular weight excluding hydrogens is 199 g/mol. The van der Waals surface area contributed by atoms with Crippen LogP contribution in [0.4, 0.5) is 0 Å². The van der Waals surface area contributed by atoms with E-state index in [0.29, 0.717) is 0 Å². The third kappa shape index (κ3) is 4.37. The van der Waals surface area contributed by atoms with Gasteiger partial charge in [-0.1, -0.05) is 43.7 Å². The quantitative estimate of drug-likeness (QED) is 0.657. The molecule has 3 heteroatoms. The van der Waals surface area contributed by atoms with Crippen LogP contribution in [0.2, 0.25) is 0 Å². The molecule has 0 unspecified atom stereocenters. The normalized spacial score (nSPS) is 10.4. The van der Waals surface area contributed by atoms with Gasteiger partial charge >= 0.3 is 7.12 Å². The van der Waals surface area contributed by atoms with E-state index in [1.807, 2.05) is 0 Å². The van der Waals surface area contributed by atoms with Crippen LogP contribution in [-0.2, 0) is 9.31 Å². The molecule has 1 aromatic rings. The summed E-state index contributed by atoms with van der Waals surface area (Å²) >= 11 is 0. The standard InChI is InChI=1S/C13H21BO2/c1-4-10-15-14(16-11-5-2)13-8-6-12(3)7-9-13/h6-9H,4-5,10-11H2,1-3H3. The van der Waals surface area contributed by atoms with Gasteiger partial charge in [0.05, 0.1) is 0 Å². The highest BCUT2D eigenvalue weighted by Crippen LogP contribution is 1.99. The maximum absolute atomic E-state index is 5.70. The highest BCUT2D eigenvalue weighted by Gasteiger charge is 2.20. The second-order valence-corrected chi connectivity index (χ2v) is 3.98. The molecule has 0 N–H and O–H groups in total. The molecule has 0 amide bonds. The van der Waals surface area contributed by atoms with Crippen molar-refractivity contribution in [2.45, 2.75) is 33.6 Å². The summed E-state index contributed by atoms with van der Waals surface area (Å²) in [6.07, 6.45) is 2.02. The highest BCUT2D eigenvalue weighted by molar-refractivity contribution is 6.61. The molecule has 0 heterocycles. The van der Waals surface area contributed by atoms with Gasteiger partial charge in [-0.25, -0.2) is 0 Å². The first kappa shape index (κ1) is 13.3. The lowest BCUT2D eigenvalue weighted by Gasteiger charge is -2.14. The fraction of sp³-hybridized carbons (Fsp3) is 0.538. The molecule has 2 nitrogen and oxygen atoms in total. The molecule has 0 saturated carbocycles. The predicted molar refractivity (Wildman–Crippen MR) is 69.1 cm³/mol. The lowest BCUT2D eigenvalue weighted by atomic mass is 9.78. The summed E-state index contributed by atoms with van der Waals surface area (Å²) < 4.78 is 11.4. The minimum atomic E-state index is -0.208. The Labute approximate surface area is 99.1 Å². The molecule has 0 bridgehead atoms. The number of hydrogen-bond donors (Lipinski definition) is 0. The number of hydrogen-bond acceptors (Lipinski definition) is 2. The maximum Gasteiger partial charge on any atom is 0.493 e. The van der Waals surface area contributed by atoms with Crippen LogP contribution in [0.15, 0.2) is 24.3 Å². The van der Waals surface area contributed by atoms with Gasteiger partial charge in [0.15, 0.2) is 0 Å². The largest absolute Gasteiger partial charge is 0.493 e. The smallest absolute Gasteiger partial charge is 0.407 e. The Kier molecular flexibility index (Phi) is 6.20. The number of rotatable bonds is 7. The molecule has 0 aliphatic carbocycles. The molecule has 0 aromatic heterocycles. The lowest BCUT2D eigenvalue weighted by molar-refractivity contribution is 0.207. The van der Waals surface area contributed by atoms with E-state index in [1.54, 1.807) is 0 Å². The summed E-state index contributed by atoms with van der Waals surface area (Å²) in [6, 6.07) is 8.33. The zero-order valence-electron chi connectivity index (χ0n) is 10.5. The zero-order chi connectivity index (χ0) is 11.8. The molecule has 0 radical (unpaired) electrons. The van der Waals surface area contributed by atoms with E-state index in [1.165, 1.54) is 5.56 Å². The molecule has 88 valence electrons.